The number of aromatic nitrogens is 2. The Bertz CT molecular complexity index is 1230. The van der Waals surface area contributed by atoms with Crippen LogP contribution in [-0.4, -0.2) is 31.7 Å². The first kappa shape index (κ1) is 19.8. The summed E-state index contributed by atoms with van der Waals surface area (Å²) < 4.78 is 13.3. The lowest BCUT2D eigenvalue weighted by atomic mass is 9.95. The monoisotopic (exact) mass is 420 g/mol. The van der Waals surface area contributed by atoms with E-state index in [9.17, 15) is 29.2 Å². The maximum absolute atomic E-state index is 13.3. The van der Waals surface area contributed by atoms with Crippen LogP contribution in [0.5, 0.6) is 0 Å². The van der Waals surface area contributed by atoms with Gasteiger partial charge < -0.3 is 5.11 Å². The third-order valence-corrected chi connectivity index (χ3v) is 4.73. The number of hydrogen-bond acceptors (Lipinski definition) is 7. The molecule has 0 bridgehead atoms. The number of ketones is 1. The van der Waals surface area contributed by atoms with Crippen LogP contribution in [0.15, 0.2) is 72.6 Å². The molecule has 9 nitrogen and oxygen atoms in total. The average molecular weight is 420 g/mol. The Morgan fingerprint density at radius 3 is 2.39 bits per heavy atom. The number of anilines is 1. The summed E-state index contributed by atoms with van der Waals surface area (Å²) in [6.07, 6.45) is 2.73. The molecule has 154 valence electrons. The second-order valence-electron chi connectivity index (χ2n) is 6.58. The molecule has 1 amide bonds. The first-order valence-electron chi connectivity index (χ1n) is 8.97. The van der Waals surface area contributed by atoms with E-state index in [0.29, 0.717) is 0 Å². The molecule has 0 spiro atoms. The van der Waals surface area contributed by atoms with Gasteiger partial charge in [-0.2, -0.15) is 0 Å². The van der Waals surface area contributed by atoms with Gasteiger partial charge in [-0.25, -0.2) is 14.4 Å². The van der Waals surface area contributed by atoms with Crippen LogP contribution >= 0.6 is 0 Å². The number of carbonyl (C=O) groups excluding carboxylic acids is 2. The van der Waals surface area contributed by atoms with Gasteiger partial charge in [-0.15, -0.1) is 0 Å². The van der Waals surface area contributed by atoms with Crippen molar-refractivity contribution < 1.29 is 24.0 Å². The molecule has 2 aromatic carbocycles. The first-order chi connectivity index (χ1) is 14.9. The van der Waals surface area contributed by atoms with E-state index < -0.39 is 34.2 Å². The zero-order chi connectivity index (χ0) is 22.1. The Labute approximate surface area is 174 Å². The molecule has 4 rings (SSSR count). The van der Waals surface area contributed by atoms with Crippen molar-refractivity contribution in [1.82, 2.24) is 9.97 Å². The van der Waals surface area contributed by atoms with Crippen molar-refractivity contribution in [1.29, 1.82) is 0 Å². The van der Waals surface area contributed by atoms with Gasteiger partial charge in [0.15, 0.2) is 0 Å². The Kier molecular flexibility index (Phi) is 4.96. The van der Waals surface area contributed by atoms with Gasteiger partial charge in [0.1, 0.15) is 11.6 Å². The van der Waals surface area contributed by atoms with Crippen molar-refractivity contribution in [3.63, 3.8) is 0 Å². The van der Waals surface area contributed by atoms with Gasteiger partial charge in [-0.1, -0.05) is 12.1 Å². The van der Waals surface area contributed by atoms with Gasteiger partial charge in [0.25, 0.3) is 11.5 Å². The molecule has 0 saturated carbocycles. The van der Waals surface area contributed by atoms with E-state index in [-0.39, 0.29) is 28.3 Å². The third-order valence-electron chi connectivity index (χ3n) is 4.73. The molecule has 1 N–H and O–H groups in total. The minimum atomic E-state index is -1.23. The van der Waals surface area contributed by atoms with Crippen LogP contribution in [0, 0.1) is 15.9 Å². The van der Waals surface area contributed by atoms with Gasteiger partial charge in [0.2, 0.25) is 5.95 Å². The largest absolute Gasteiger partial charge is 0.507 e. The summed E-state index contributed by atoms with van der Waals surface area (Å²) in [6, 6.07) is 10.3. The van der Waals surface area contributed by atoms with Crippen LogP contribution in [-0.2, 0) is 9.59 Å². The number of nitrogens with zero attached hydrogens (tertiary/aromatic N) is 4. The van der Waals surface area contributed by atoms with Crippen molar-refractivity contribution in [2.45, 2.75) is 6.04 Å². The summed E-state index contributed by atoms with van der Waals surface area (Å²) in [5.41, 5.74) is -0.281. The Balaban J connectivity index is 1.96. The molecule has 1 aliphatic rings. The number of amides is 1. The van der Waals surface area contributed by atoms with Gasteiger partial charge in [0, 0.05) is 30.1 Å². The third kappa shape index (κ3) is 3.50. The molecule has 10 heteroatoms. The van der Waals surface area contributed by atoms with E-state index in [2.05, 4.69) is 9.97 Å². The van der Waals surface area contributed by atoms with Crippen molar-refractivity contribution >= 4 is 29.1 Å². The number of aliphatic hydroxyl groups is 1. The molecule has 0 aliphatic carbocycles. The van der Waals surface area contributed by atoms with Crippen LogP contribution in [0.2, 0.25) is 0 Å². The highest BCUT2D eigenvalue weighted by Gasteiger charge is 2.48. The topological polar surface area (TPSA) is 127 Å². The predicted octanol–water partition coefficient (Wildman–Crippen LogP) is 3.15. The number of benzene rings is 2. The molecule has 1 aromatic heterocycles. The van der Waals surface area contributed by atoms with Gasteiger partial charge in [0.05, 0.1) is 16.5 Å². The van der Waals surface area contributed by atoms with Crippen molar-refractivity contribution in [2.75, 3.05) is 4.90 Å². The number of carbonyl (C=O) groups is 2. The van der Waals surface area contributed by atoms with Crippen molar-refractivity contribution in [2.24, 2.45) is 0 Å². The minimum absolute atomic E-state index is 0.101. The highest BCUT2D eigenvalue weighted by atomic mass is 19.1. The van der Waals surface area contributed by atoms with E-state index >= 15 is 0 Å². The predicted molar refractivity (Wildman–Crippen MR) is 106 cm³/mol. The minimum Gasteiger partial charge on any atom is -0.507 e. The fourth-order valence-corrected chi connectivity index (χ4v) is 3.34. The fourth-order valence-electron chi connectivity index (χ4n) is 3.34. The number of halogens is 1. The van der Waals surface area contributed by atoms with Crippen LogP contribution in [0.4, 0.5) is 16.0 Å². The van der Waals surface area contributed by atoms with Crippen molar-refractivity contribution in [3.8, 4) is 0 Å². The number of Topliss-reactive ketones (excluding diaryl/α,β-unsaturated/α-hetero) is 1. The highest BCUT2D eigenvalue weighted by molar-refractivity contribution is 6.51. The zero-order valence-electron chi connectivity index (χ0n) is 15.7. The molecule has 3 aromatic rings. The first-order valence-corrected chi connectivity index (χ1v) is 8.97. The van der Waals surface area contributed by atoms with Crippen LogP contribution in [0.25, 0.3) is 5.76 Å². The molecule has 1 unspecified atom stereocenters. The van der Waals surface area contributed by atoms with Crippen LogP contribution in [0.3, 0.4) is 0 Å². The number of nitro benzene ring substituents is 1. The molecule has 2 heterocycles. The Hall–Kier alpha value is -4.47. The smallest absolute Gasteiger partial charge is 0.302 e. The Morgan fingerprint density at radius 1 is 1.06 bits per heavy atom. The molecule has 1 saturated heterocycles. The number of nitro groups is 1. The van der Waals surface area contributed by atoms with E-state index in [1.165, 1.54) is 54.9 Å². The molecule has 31 heavy (non-hydrogen) atoms. The average Bonchev–Trinajstić information content (AvgIpc) is 3.05. The summed E-state index contributed by atoms with van der Waals surface area (Å²) in [5.74, 6) is -3.24. The van der Waals surface area contributed by atoms with E-state index in [4.69, 9.17) is 0 Å². The normalized spacial score (nSPS) is 17.7. The lowest BCUT2D eigenvalue weighted by Crippen LogP contribution is -2.31. The maximum atomic E-state index is 13.3. The van der Waals surface area contributed by atoms with Gasteiger partial charge in [-0.05, 0) is 35.9 Å². The second-order valence-corrected chi connectivity index (χ2v) is 6.58. The number of aliphatic hydroxyl groups excluding tert-OH is 1. The Morgan fingerprint density at radius 2 is 1.74 bits per heavy atom. The maximum Gasteiger partial charge on any atom is 0.302 e. The highest BCUT2D eigenvalue weighted by Crippen LogP contribution is 2.41. The quantitative estimate of drug-likeness (QED) is 0.226. The van der Waals surface area contributed by atoms with Crippen LogP contribution < -0.4 is 4.90 Å². The van der Waals surface area contributed by atoms with E-state index in [1.54, 1.807) is 0 Å². The standard InChI is InChI=1S/C21H13FN4O5/c22-14-7-5-12(6-8-14)18(27)16-17(13-3-1-4-15(11-13)26(30)31)25(20(29)19(16)28)21-23-9-2-10-24-21/h1-11,17,27H. The molecule has 1 atom stereocenters. The molecule has 1 fully saturated rings. The van der Waals surface area contributed by atoms with E-state index in [1.807, 2.05) is 0 Å². The summed E-state index contributed by atoms with van der Waals surface area (Å²) >= 11 is 0. The van der Waals surface area contributed by atoms with Crippen LogP contribution in [0.1, 0.15) is 17.2 Å². The van der Waals surface area contributed by atoms with Gasteiger partial charge >= 0.3 is 5.91 Å². The second kappa shape index (κ2) is 7.75. The lowest BCUT2D eigenvalue weighted by molar-refractivity contribution is -0.384. The summed E-state index contributed by atoms with van der Waals surface area (Å²) in [4.78, 5) is 45.4. The number of non-ortho nitro benzene ring substituents is 1. The summed E-state index contributed by atoms with van der Waals surface area (Å²) in [6.45, 7) is 0. The number of hydrogen-bond donors (Lipinski definition) is 1. The van der Waals surface area contributed by atoms with E-state index in [0.717, 1.165) is 17.0 Å². The zero-order valence-corrected chi connectivity index (χ0v) is 15.7. The fraction of sp³-hybridized carbons (Fsp3) is 0.0476. The summed E-state index contributed by atoms with van der Waals surface area (Å²) in [5, 5.41) is 22.1. The SMILES string of the molecule is O=C1C(=O)N(c2ncccn2)C(c2cccc([N+](=O)[O-])c2)C1=C(O)c1ccc(F)cc1. The number of rotatable bonds is 4. The molecule has 0 radical (unpaired) electrons. The van der Waals surface area contributed by atoms with Crippen molar-refractivity contribution in [3.05, 3.63) is 99.6 Å². The molecule has 1 aliphatic heterocycles. The lowest BCUT2D eigenvalue weighted by Gasteiger charge is -2.23. The molecular weight excluding hydrogens is 407 g/mol. The summed E-state index contributed by atoms with van der Waals surface area (Å²) in [7, 11) is 0. The molecular formula is C21H13FN4O5. The van der Waals surface area contributed by atoms with Gasteiger partial charge in [-0.3, -0.25) is 24.6 Å².